The van der Waals surface area contributed by atoms with Crippen molar-refractivity contribution in [1.82, 2.24) is 4.98 Å². The molecule has 0 unspecified atom stereocenters. The average Bonchev–Trinajstić information content (AvgIpc) is 3.07. The number of aryl methyl sites for hydroxylation is 1. The van der Waals surface area contributed by atoms with Crippen LogP contribution < -0.4 is 0 Å². The van der Waals surface area contributed by atoms with Crippen LogP contribution >= 0.6 is 11.3 Å². The Labute approximate surface area is 159 Å². The standard InChI is InChI=1S/C21H18F3NOS/c22-21(23,24)17-9-6-16(7-10-17)12-19-14-25-20(27-19)13-18(26)11-8-15-4-2-1-3-5-15/h1-7,9-10,14H,8,11-13H2. The number of Topliss-reactive ketones (excluding diaryl/α,β-unsaturated/α-hetero) is 1. The Morgan fingerprint density at radius 2 is 1.67 bits per heavy atom. The molecule has 27 heavy (non-hydrogen) atoms. The highest BCUT2D eigenvalue weighted by molar-refractivity contribution is 7.11. The van der Waals surface area contributed by atoms with Crippen LogP contribution in [-0.2, 0) is 30.2 Å². The summed E-state index contributed by atoms with van der Waals surface area (Å²) in [6.45, 7) is 0. The highest BCUT2D eigenvalue weighted by Gasteiger charge is 2.29. The minimum atomic E-state index is -4.32. The van der Waals surface area contributed by atoms with Crippen molar-refractivity contribution in [2.24, 2.45) is 0 Å². The van der Waals surface area contributed by atoms with E-state index in [4.69, 9.17) is 0 Å². The monoisotopic (exact) mass is 389 g/mol. The van der Waals surface area contributed by atoms with Gasteiger partial charge in [-0.05, 0) is 29.7 Å². The van der Waals surface area contributed by atoms with Gasteiger partial charge < -0.3 is 0 Å². The quantitative estimate of drug-likeness (QED) is 0.534. The van der Waals surface area contributed by atoms with Crippen molar-refractivity contribution in [3.05, 3.63) is 87.4 Å². The summed E-state index contributed by atoms with van der Waals surface area (Å²) in [7, 11) is 0. The molecule has 3 rings (SSSR count). The molecule has 0 aliphatic carbocycles. The van der Waals surface area contributed by atoms with E-state index in [0.29, 0.717) is 25.7 Å². The van der Waals surface area contributed by atoms with E-state index in [1.165, 1.54) is 23.5 Å². The van der Waals surface area contributed by atoms with Gasteiger partial charge in [0.15, 0.2) is 0 Å². The third kappa shape index (κ3) is 5.76. The third-order valence-electron chi connectivity index (χ3n) is 4.14. The fraction of sp³-hybridized carbons (Fsp3) is 0.238. The molecule has 140 valence electrons. The Bertz CT molecular complexity index is 886. The van der Waals surface area contributed by atoms with E-state index in [0.717, 1.165) is 33.1 Å². The highest BCUT2D eigenvalue weighted by atomic mass is 32.1. The number of carbonyl (C=O) groups is 1. The molecular formula is C21H18F3NOS. The lowest BCUT2D eigenvalue weighted by Gasteiger charge is -2.06. The molecule has 0 bridgehead atoms. The van der Waals surface area contributed by atoms with Crippen molar-refractivity contribution in [2.75, 3.05) is 0 Å². The van der Waals surface area contributed by atoms with Gasteiger partial charge in [-0.2, -0.15) is 13.2 Å². The van der Waals surface area contributed by atoms with Crippen LogP contribution in [0.15, 0.2) is 60.8 Å². The minimum absolute atomic E-state index is 0.134. The first-order chi connectivity index (χ1) is 12.9. The van der Waals surface area contributed by atoms with Gasteiger partial charge >= 0.3 is 6.18 Å². The molecule has 3 aromatic rings. The first-order valence-corrected chi connectivity index (χ1v) is 9.37. The Balaban J connectivity index is 1.53. The number of thiazole rings is 1. The Morgan fingerprint density at radius 3 is 2.33 bits per heavy atom. The van der Waals surface area contributed by atoms with E-state index >= 15 is 0 Å². The molecule has 1 aromatic heterocycles. The maximum absolute atomic E-state index is 12.6. The molecule has 0 aliphatic heterocycles. The van der Waals surface area contributed by atoms with Gasteiger partial charge in [0.2, 0.25) is 0 Å². The van der Waals surface area contributed by atoms with Crippen LogP contribution in [0.5, 0.6) is 0 Å². The number of halogens is 3. The summed E-state index contributed by atoms with van der Waals surface area (Å²) in [5.41, 5.74) is 1.27. The second-order valence-corrected chi connectivity index (χ2v) is 7.49. The van der Waals surface area contributed by atoms with Crippen LogP contribution in [0.2, 0.25) is 0 Å². The number of benzene rings is 2. The summed E-state index contributed by atoms with van der Waals surface area (Å²) in [5, 5.41) is 0.745. The molecule has 0 atom stereocenters. The lowest BCUT2D eigenvalue weighted by Crippen LogP contribution is -2.04. The molecule has 0 saturated carbocycles. The van der Waals surface area contributed by atoms with E-state index in [9.17, 15) is 18.0 Å². The molecule has 0 N–H and O–H groups in total. The van der Waals surface area contributed by atoms with E-state index < -0.39 is 11.7 Å². The largest absolute Gasteiger partial charge is 0.416 e. The van der Waals surface area contributed by atoms with Crippen molar-refractivity contribution < 1.29 is 18.0 Å². The van der Waals surface area contributed by atoms with Crippen LogP contribution in [0.25, 0.3) is 0 Å². The van der Waals surface area contributed by atoms with Gasteiger partial charge in [0, 0.05) is 23.9 Å². The molecular weight excluding hydrogens is 371 g/mol. The van der Waals surface area contributed by atoms with Gasteiger partial charge in [-0.15, -0.1) is 11.3 Å². The molecule has 1 heterocycles. The molecule has 0 amide bonds. The zero-order chi connectivity index (χ0) is 19.3. The molecule has 0 spiro atoms. The lowest BCUT2D eigenvalue weighted by molar-refractivity contribution is -0.137. The van der Waals surface area contributed by atoms with Crippen molar-refractivity contribution in [3.8, 4) is 0 Å². The van der Waals surface area contributed by atoms with Crippen molar-refractivity contribution in [1.29, 1.82) is 0 Å². The van der Waals surface area contributed by atoms with Gasteiger partial charge in [-0.25, -0.2) is 4.98 Å². The fourth-order valence-corrected chi connectivity index (χ4v) is 3.70. The smallest absolute Gasteiger partial charge is 0.299 e. The summed E-state index contributed by atoms with van der Waals surface area (Å²) in [4.78, 5) is 17.4. The summed E-state index contributed by atoms with van der Waals surface area (Å²) in [6.07, 6.45) is -0.641. The Morgan fingerprint density at radius 1 is 0.963 bits per heavy atom. The number of aromatic nitrogens is 1. The number of hydrogen-bond donors (Lipinski definition) is 0. The second-order valence-electron chi connectivity index (χ2n) is 6.29. The van der Waals surface area contributed by atoms with Crippen LogP contribution in [0.1, 0.15) is 33.0 Å². The number of nitrogens with zero attached hydrogens (tertiary/aromatic N) is 1. The van der Waals surface area contributed by atoms with E-state index in [1.54, 1.807) is 6.20 Å². The van der Waals surface area contributed by atoms with E-state index in [-0.39, 0.29) is 5.78 Å². The van der Waals surface area contributed by atoms with E-state index in [1.807, 2.05) is 30.3 Å². The number of alkyl halides is 3. The maximum atomic E-state index is 12.6. The molecule has 0 fully saturated rings. The van der Waals surface area contributed by atoms with Crippen LogP contribution in [0.3, 0.4) is 0 Å². The number of carbonyl (C=O) groups excluding carboxylic acids is 1. The SMILES string of the molecule is O=C(CCc1ccccc1)Cc1ncc(Cc2ccc(C(F)(F)F)cc2)s1. The fourth-order valence-electron chi connectivity index (χ4n) is 2.71. The van der Waals surface area contributed by atoms with E-state index in [2.05, 4.69) is 4.98 Å². The van der Waals surface area contributed by atoms with Crippen molar-refractivity contribution in [2.45, 2.75) is 31.9 Å². The summed E-state index contributed by atoms with van der Waals surface area (Å²) < 4.78 is 37.8. The van der Waals surface area contributed by atoms with Crippen molar-refractivity contribution in [3.63, 3.8) is 0 Å². The molecule has 2 nitrogen and oxygen atoms in total. The Kier molecular flexibility index (Phi) is 6.06. The number of rotatable bonds is 7. The van der Waals surface area contributed by atoms with Gasteiger partial charge in [0.1, 0.15) is 10.8 Å². The molecule has 0 radical (unpaired) electrons. The minimum Gasteiger partial charge on any atom is -0.299 e. The zero-order valence-corrected chi connectivity index (χ0v) is 15.3. The predicted molar refractivity (Wildman–Crippen MR) is 99.8 cm³/mol. The van der Waals surface area contributed by atoms with Gasteiger partial charge in [0.05, 0.1) is 12.0 Å². The number of hydrogen-bond acceptors (Lipinski definition) is 3. The zero-order valence-electron chi connectivity index (χ0n) is 14.5. The van der Waals surface area contributed by atoms with Crippen molar-refractivity contribution >= 4 is 17.1 Å². The summed E-state index contributed by atoms with van der Waals surface area (Å²) in [6, 6.07) is 15.0. The Hall–Kier alpha value is -2.47. The molecule has 0 aliphatic rings. The lowest BCUT2D eigenvalue weighted by atomic mass is 10.1. The highest BCUT2D eigenvalue weighted by Crippen LogP contribution is 2.29. The maximum Gasteiger partial charge on any atom is 0.416 e. The predicted octanol–water partition coefficient (Wildman–Crippen LogP) is 5.50. The van der Waals surface area contributed by atoms with Gasteiger partial charge in [-0.1, -0.05) is 42.5 Å². The van der Waals surface area contributed by atoms with Gasteiger partial charge in [-0.3, -0.25) is 4.79 Å². The average molecular weight is 389 g/mol. The molecule has 0 saturated heterocycles. The van der Waals surface area contributed by atoms with Crippen LogP contribution in [0.4, 0.5) is 13.2 Å². The first kappa shape index (κ1) is 19.3. The summed E-state index contributed by atoms with van der Waals surface area (Å²) in [5.74, 6) is 0.134. The topological polar surface area (TPSA) is 30.0 Å². The van der Waals surface area contributed by atoms with Crippen LogP contribution in [0, 0.1) is 0 Å². The van der Waals surface area contributed by atoms with Gasteiger partial charge in [0.25, 0.3) is 0 Å². The number of ketones is 1. The molecule has 2 aromatic carbocycles. The second kappa shape index (κ2) is 8.48. The summed E-state index contributed by atoms with van der Waals surface area (Å²) >= 11 is 1.43. The normalized spacial score (nSPS) is 11.5. The first-order valence-electron chi connectivity index (χ1n) is 8.55. The molecule has 6 heteroatoms. The van der Waals surface area contributed by atoms with Crippen LogP contribution in [-0.4, -0.2) is 10.8 Å². The third-order valence-corrected chi connectivity index (χ3v) is 5.14.